The summed E-state index contributed by atoms with van der Waals surface area (Å²) in [5.41, 5.74) is 3.07. The number of aromatic nitrogens is 2. The number of nitrogens with one attached hydrogen (secondary N) is 1. The van der Waals surface area contributed by atoms with Gasteiger partial charge in [-0.3, -0.25) is 14.3 Å². The maximum atomic E-state index is 13.8. The van der Waals surface area contributed by atoms with Crippen molar-refractivity contribution in [2.45, 2.75) is 39.0 Å². The van der Waals surface area contributed by atoms with Crippen molar-refractivity contribution in [3.63, 3.8) is 0 Å². The molecule has 0 spiro atoms. The van der Waals surface area contributed by atoms with Crippen molar-refractivity contribution < 1.29 is 9.59 Å². The van der Waals surface area contributed by atoms with Crippen LogP contribution in [0.25, 0.3) is 10.6 Å². The number of hydrogen-bond donors (Lipinski definition) is 1. The Morgan fingerprint density at radius 1 is 1.11 bits per heavy atom. The highest BCUT2D eigenvalue weighted by Crippen LogP contribution is 2.33. The summed E-state index contributed by atoms with van der Waals surface area (Å²) >= 11 is 7.77. The number of halogens is 1. The summed E-state index contributed by atoms with van der Waals surface area (Å²) in [7, 11) is 0. The van der Waals surface area contributed by atoms with E-state index in [1.807, 2.05) is 73.0 Å². The number of carbonyl (C=O) groups is 2. The van der Waals surface area contributed by atoms with Crippen molar-refractivity contribution in [3.05, 3.63) is 99.5 Å². The quantitative estimate of drug-likeness (QED) is 0.387. The van der Waals surface area contributed by atoms with E-state index in [2.05, 4.69) is 10.4 Å². The van der Waals surface area contributed by atoms with E-state index in [4.69, 9.17) is 11.6 Å². The average Bonchev–Trinajstić information content (AvgIpc) is 3.51. The van der Waals surface area contributed by atoms with Crippen molar-refractivity contribution in [2.24, 2.45) is 0 Å². The van der Waals surface area contributed by atoms with E-state index >= 15 is 0 Å². The summed E-state index contributed by atoms with van der Waals surface area (Å²) in [6.07, 6.45) is 0. The van der Waals surface area contributed by atoms with Gasteiger partial charge in [-0.15, -0.1) is 11.3 Å². The Bertz CT molecular complexity index is 1380. The molecule has 1 aliphatic rings. The third-order valence-corrected chi connectivity index (χ3v) is 7.49. The summed E-state index contributed by atoms with van der Waals surface area (Å²) in [6.45, 7) is 4.71. The molecule has 178 valence electrons. The Balaban J connectivity index is 1.48. The molecule has 6 nitrogen and oxygen atoms in total. The standard InChI is InChI=1S/C27H25ClN4O2S/c1-18-8-10-19(11-9-18)15-29-26(34)27(2)17-32-23(14-22(30-32)24-7-4-12-35-24)25(33)31(27)16-20-5-3-6-21(28)13-20/h3-14H,15-17H2,1-2H3,(H,29,34)/t27-/m1/s1. The molecule has 1 N–H and O–H groups in total. The monoisotopic (exact) mass is 504 g/mol. The number of thiophene rings is 1. The maximum Gasteiger partial charge on any atom is 0.273 e. The van der Waals surface area contributed by atoms with Crippen molar-refractivity contribution >= 4 is 34.8 Å². The van der Waals surface area contributed by atoms with Gasteiger partial charge in [0, 0.05) is 18.1 Å². The van der Waals surface area contributed by atoms with Crippen LogP contribution in [0.4, 0.5) is 0 Å². The maximum absolute atomic E-state index is 13.8. The first-order chi connectivity index (χ1) is 16.8. The Hall–Kier alpha value is -3.42. The van der Waals surface area contributed by atoms with Crippen LogP contribution < -0.4 is 5.32 Å². The lowest BCUT2D eigenvalue weighted by atomic mass is 9.94. The van der Waals surface area contributed by atoms with Gasteiger partial charge in [-0.25, -0.2) is 0 Å². The van der Waals surface area contributed by atoms with E-state index in [-0.39, 0.29) is 24.9 Å². The zero-order valence-corrected chi connectivity index (χ0v) is 21.1. The molecule has 0 unspecified atom stereocenters. The molecule has 0 aliphatic carbocycles. The van der Waals surface area contributed by atoms with Gasteiger partial charge in [0.1, 0.15) is 16.9 Å². The molecule has 2 amide bonds. The number of fused-ring (bicyclic) bond motifs is 1. The first kappa shape index (κ1) is 23.3. The molecule has 0 bridgehead atoms. The fraction of sp³-hybridized carbons (Fsp3) is 0.222. The lowest BCUT2D eigenvalue weighted by Crippen LogP contribution is -2.63. The Morgan fingerprint density at radius 3 is 2.63 bits per heavy atom. The van der Waals surface area contributed by atoms with Crippen molar-refractivity contribution in [3.8, 4) is 10.6 Å². The number of rotatable bonds is 6. The molecule has 8 heteroatoms. The minimum Gasteiger partial charge on any atom is -0.350 e. The second kappa shape index (κ2) is 9.32. The Labute approximate surface area is 213 Å². The van der Waals surface area contributed by atoms with E-state index in [0.717, 1.165) is 27.3 Å². The second-order valence-corrected chi connectivity index (χ2v) is 10.4. The molecule has 35 heavy (non-hydrogen) atoms. The molecule has 0 saturated carbocycles. The van der Waals surface area contributed by atoms with Gasteiger partial charge in [-0.1, -0.05) is 59.6 Å². The third-order valence-electron chi connectivity index (χ3n) is 6.36. The molecule has 4 aromatic rings. The van der Waals surface area contributed by atoms with Gasteiger partial charge in [-0.05, 0) is 54.6 Å². The van der Waals surface area contributed by atoms with E-state index in [9.17, 15) is 9.59 Å². The summed E-state index contributed by atoms with van der Waals surface area (Å²) in [5, 5.41) is 10.3. The van der Waals surface area contributed by atoms with Crippen LogP contribution in [0, 0.1) is 6.92 Å². The first-order valence-electron chi connectivity index (χ1n) is 11.4. The fourth-order valence-corrected chi connectivity index (χ4v) is 5.23. The third kappa shape index (κ3) is 4.61. The van der Waals surface area contributed by atoms with E-state index in [1.165, 1.54) is 0 Å². The molecule has 0 saturated heterocycles. The SMILES string of the molecule is Cc1ccc(CNC(=O)[C@@]2(C)Cn3nc(-c4cccs4)cc3C(=O)N2Cc2cccc(Cl)c2)cc1. The van der Waals surface area contributed by atoms with Gasteiger partial charge in [0.25, 0.3) is 5.91 Å². The van der Waals surface area contributed by atoms with E-state index < -0.39 is 5.54 Å². The van der Waals surface area contributed by atoms with Crippen molar-refractivity contribution in [1.82, 2.24) is 20.0 Å². The smallest absolute Gasteiger partial charge is 0.273 e. The van der Waals surface area contributed by atoms with Gasteiger partial charge in [0.2, 0.25) is 5.91 Å². The van der Waals surface area contributed by atoms with Crippen LogP contribution in [-0.2, 0) is 24.4 Å². The molecule has 0 radical (unpaired) electrons. The minimum absolute atomic E-state index is 0.229. The summed E-state index contributed by atoms with van der Waals surface area (Å²) in [5.74, 6) is -0.466. The Kier molecular flexibility index (Phi) is 6.21. The van der Waals surface area contributed by atoms with Crippen molar-refractivity contribution in [2.75, 3.05) is 0 Å². The highest BCUT2D eigenvalue weighted by Gasteiger charge is 2.48. The molecule has 5 rings (SSSR count). The van der Waals surface area contributed by atoms with Crippen LogP contribution in [0.2, 0.25) is 5.02 Å². The number of carbonyl (C=O) groups excluding carboxylic acids is 2. The van der Waals surface area contributed by atoms with Gasteiger partial charge >= 0.3 is 0 Å². The normalized spacial score (nSPS) is 17.3. The molecular weight excluding hydrogens is 480 g/mol. The van der Waals surface area contributed by atoms with Gasteiger partial charge in [-0.2, -0.15) is 5.10 Å². The molecule has 0 fully saturated rings. The summed E-state index contributed by atoms with van der Waals surface area (Å²) < 4.78 is 1.66. The molecular formula is C27H25ClN4O2S. The van der Waals surface area contributed by atoms with Crippen LogP contribution in [0.5, 0.6) is 0 Å². The van der Waals surface area contributed by atoms with Gasteiger partial charge in [0.05, 0.1) is 11.4 Å². The topological polar surface area (TPSA) is 67.2 Å². The predicted octanol–water partition coefficient (Wildman–Crippen LogP) is 5.30. The number of nitrogens with zero attached hydrogens (tertiary/aromatic N) is 3. The van der Waals surface area contributed by atoms with Crippen LogP contribution in [0.1, 0.15) is 34.1 Å². The van der Waals surface area contributed by atoms with Crippen LogP contribution in [0.15, 0.2) is 72.1 Å². The molecule has 1 atom stereocenters. The second-order valence-electron chi connectivity index (χ2n) is 9.01. The first-order valence-corrected chi connectivity index (χ1v) is 12.6. The number of benzene rings is 2. The predicted molar refractivity (Wildman–Crippen MR) is 138 cm³/mol. The summed E-state index contributed by atoms with van der Waals surface area (Å²) in [4.78, 5) is 30.0. The van der Waals surface area contributed by atoms with Gasteiger partial charge < -0.3 is 10.2 Å². The minimum atomic E-state index is -1.14. The molecule has 2 aromatic carbocycles. The zero-order chi connectivity index (χ0) is 24.6. The van der Waals surface area contributed by atoms with Crippen LogP contribution in [-0.4, -0.2) is 32.0 Å². The highest BCUT2D eigenvalue weighted by atomic mass is 35.5. The highest BCUT2D eigenvalue weighted by molar-refractivity contribution is 7.13. The van der Waals surface area contributed by atoms with Crippen molar-refractivity contribution in [1.29, 1.82) is 0 Å². The van der Waals surface area contributed by atoms with E-state index in [1.54, 1.807) is 33.9 Å². The number of hydrogen-bond acceptors (Lipinski definition) is 4. The zero-order valence-electron chi connectivity index (χ0n) is 19.5. The lowest BCUT2D eigenvalue weighted by Gasteiger charge is -2.43. The fourth-order valence-electron chi connectivity index (χ4n) is 4.33. The number of aryl methyl sites for hydroxylation is 1. The molecule has 3 heterocycles. The Morgan fingerprint density at radius 2 is 1.91 bits per heavy atom. The molecule has 1 aliphatic heterocycles. The average molecular weight is 505 g/mol. The van der Waals surface area contributed by atoms with E-state index in [0.29, 0.717) is 17.3 Å². The number of amides is 2. The van der Waals surface area contributed by atoms with Crippen LogP contribution >= 0.6 is 22.9 Å². The summed E-state index contributed by atoms with van der Waals surface area (Å²) in [6, 6.07) is 21.1. The lowest BCUT2D eigenvalue weighted by molar-refractivity contribution is -0.133. The largest absolute Gasteiger partial charge is 0.350 e. The van der Waals surface area contributed by atoms with Gasteiger partial charge in [0.15, 0.2) is 0 Å². The molecule has 2 aromatic heterocycles. The van der Waals surface area contributed by atoms with Crippen LogP contribution in [0.3, 0.4) is 0 Å².